The molecule has 1 heterocycles. The highest BCUT2D eigenvalue weighted by atomic mass is 16.2. The molecule has 2 rings (SSSR count). The van der Waals surface area contributed by atoms with E-state index in [4.69, 9.17) is 5.73 Å². The summed E-state index contributed by atoms with van der Waals surface area (Å²) in [5, 5.41) is 4.23. The number of amides is 1. The van der Waals surface area contributed by atoms with Gasteiger partial charge in [0.15, 0.2) is 0 Å². The Morgan fingerprint density at radius 2 is 2.16 bits per heavy atom. The Morgan fingerprint density at radius 1 is 1.53 bits per heavy atom. The van der Waals surface area contributed by atoms with Gasteiger partial charge >= 0.3 is 0 Å². The molecule has 5 nitrogen and oxygen atoms in total. The zero-order valence-electron chi connectivity index (χ0n) is 12.3. The first-order valence-corrected chi connectivity index (χ1v) is 7.01. The van der Waals surface area contributed by atoms with Crippen molar-refractivity contribution in [2.75, 3.05) is 12.3 Å². The quantitative estimate of drug-likeness (QED) is 0.884. The van der Waals surface area contributed by atoms with Crippen LogP contribution in [0.15, 0.2) is 0 Å². The van der Waals surface area contributed by atoms with Crippen LogP contribution in [0.5, 0.6) is 0 Å². The van der Waals surface area contributed by atoms with Gasteiger partial charge in [-0.2, -0.15) is 5.10 Å². The predicted molar refractivity (Wildman–Crippen MR) is 75.9 cm³/mol. The average Bonchev–Trinajstić information content (AvgIpc) is 3.09. The third kappa shape index (κ3) is 2.91. The van der Waals surface area contributed by atoms with Crippen LogP contribution in [-0.2, 0) is 7.05 Å². The maximum absolute atomic E-state index is 12.7. The van der Waals surface area contributed by atoms with E-state index in [0.717, 1.165) is 31.5 Å². The van der Waals surface area contributed by atoms with Crippen LogP contribution in [0.2, 0.25) is 0 Å². The highest BCUT2D eigenvalue weighted by Gasteiger charge is 2.35. The molecule has 1 aromatic rings. The highest BCUT2D eigenvalue weighted by Crippen LogP contribution is 2.30. The minimum absolute atomic E-state index is 0.0313. The molecule has 1 aromatic heterocycles. The zero-order valence-corrected chi connectivity index (χ0v) is 12.3. The van der Waals surface area contributed by atoms with Crippen molar-refractivity contribution in [1.82, 2.24) is 14.7 Å². The molecule has 1 fully saturated rings. The van der Waals surface area contributed by atoms with Crippen LogP contribution in [0.3, 0.4) is 0 Å². The van der Waals surface area contributed by atoms with Crippen molar-refractivity contribution < 1.29 is 4.79 Å². The largest absolute Gasteiger partial charge is 0.395 e. The second kappa shape index (κ2) is 5.23. The summed E-state index contributed by atoms with van der Waals surface area (Å²) in [6, 6.07) is 0.404. The van der Waals surface area contributed by atoms with Crippen molar-refractivity contribution >= 4 is 11.6 Å². The lowest BCUT2D eigenvalue weighted by molar-refractivity contribution is 0.0725. The van der Waals surface area contributed by atoms with Gasteiger partial charge < -0.3 is 10.6 Å². The molecule has 0 saturated heterocycles. The van der Waals surface area contributed by atoms with E-state index in [0.29, 0.717) is 23.3 Å². The molecule has 1 aliphatic carbocycles. The third-order valence-electron chi connectivity index (χ3n) is 3.67. The van der Waals surface area contributed by atoms with Gasteiger partial charge in [-0.3, -0.25) is 9.48 Å². The number of nitrogens with zero attached hydrogens (tertiary/aromatic N) is 3. The lowest BCUT2D eigenvalue weighted by Crippen LogP contribution is -2.36. The number of hydrogen-bond donors (Lipinski definition) is 1. The molecule has 5 heteroatoms. The van der Waals surface area contributed by atoms with E-state index >= 15 is 0 Å². The number of aromatic nitrogens is 2. The van der Waals surface area contributed by atoms with E-state index in [1.54, 1.807) is 11.7 Å². The Balaban J connectivity index is 2.19. The minimum Gasteiger partial charge on any atom is -0.395 e. The summed E-state index contributed by atoms with van der Waals surface area (Å²) in [4.78, 5) is 14.7. The van der Waals surface area contributed by atoms with E-state index in [9.17, 15) is 4.79 Å². The van der Waals surface area contributed by atoms with Gasteiger partial charge in [0.25, 0.3) is 5.91 Å². The van der Waals surface area contributed by atoms with Gasteiger partial charge in [0.1, 0.15) is 5.69 Å². The van der Waals surface area contributed by atoms with E-state index in [1.165, 1.54) is 0 Å². The lowest BCUT2D eigenvalue weighted by Gasteiger charge is -2.23. The van der Waals surface area contributed by atoms with Gasteiger partial charge in [-0.25, -0.2) is 0 Å². The number of carbonyl (C=O) groups excluding carboxylic acids is 1. The molecule has 0 bridgehead atoms. The first-order chi connectivity index (χ1) is 8.91. The first kappa shape index (κ1) is 13.9. The topological polar surface area (TPSA) is 64.2 Å². The Hall–Kier alpha value is -1.52. The molecular formula is C14H24N4O. The third-order valence-corrected chi connectivity index (χ3v) is 3.67. The van der Waals surface area contributed by atoms with Gasteiger partial charge in [0.2, 0.25) is 0 Å². The van der Waals surface area contributed by atoms with Gasteiger partial charge in [0, 0.05) is 19.6 Å². The fourth-order valence-electron chi connectivity index (χ4n) is 2.30. The van der Waals surface area contributed by atoms with Crippen molar-refractivity contribution in [3.63, 3.8) is 0 Å². The molecule has 19 heavy (non-hydrogen) atoms. The van der Waals surface area contributed by atoms with Crippen molar-refractivity contribution in [2.45, 2.75) is 46.1 Å². The van der Waals surface area contributed by atoms with Gasteiger partial charge in [-0.1, -0.05) is 13.8 Å². The summed E-state index contributed by atoms with van der Waals surface area (Å²) in [6.07, 6.45) is 3.25. The molecule has 106 valence electrons. The number of nitrogen functional groups attached to an aromatic ring is 1. The number of hydrogen-bond acceptors (Lipinski definition) is 3. The first-order valence-electron chi connectivity index (χ1n) is 7.01. The molecule has 0 radical (unpaired) electrons. The number of carbonyl (C=O) groups is 1. The summed E-state index contributed by atoms with van der Waals surface area (Å²) in [7, 11) is 1.78. The van der Waals surface area contributed by atoms with Crippen LogP contribution >= 0.6 is 0 Å². The standard InChI is InChI=1S/C14H24N4O/c1-9(2)7-8-18(11-5-6-11)14(19)13-12(15)10(3)16-17(13)4/h9,11H,5-8,15H2,1-4H3. The second-order valence-corrected chi connectivity index (χ2v) is 5.88. The van der Waals surface area contributed by atoms with Crippen LogP contribution in [-0.4, -0.2) is 33.2 Å². The fourth-order valence-corrected chi connectivity index (χ4v) is 2.30. The molecule has 2 N–H and O–H groups in total. The highest BCUT2D eigenvalue weighted by molar-refractivity contribution is 5.98. The average molecular weight is 264 g/mol. The Labute approximate surface area is 114 Å². The van der Waals surface area contributed by atoms with Crippen LogP contribution in [0.1, 0.15) is 49.3 Å². The molecule has 1 saturated carbocycles. The number of nitrogens with two attached hydrogens (primary N) is 1. The summed E-state index contributed by atoms with van der Waals surface area (Å²) in [6.45, 7) is 7.00. The molecule has 1 aliphatic rings. The van der Waals surface area contributed by atoms with Crippen LogP contribution in [0.25, 0.3) is 0 Å². The van der Waals surface area contributed by atoms with E-state index in [1.807, 2.05) is 11.8 Å². The normalized spacial score (nSPS) is 15.0. The second-order valence-electron chi connectivity index (χ2n) is 5.88. The van der Waals surface area contributed by atoms with Crippen LogP contribution in [0.4, 0.5) is 5.69 Å². The number of anilines is 1. The van der Waals surface area contributed by atoms with E-state index in [2.05, 4.69) is 18.9 Å². The molecule has 0 aromatic carbocycles. The minimum atomic E-state index is 0.0313. The monoisotopic (exact) mass is 264 g/mol. The number of aryl methyl sites for hydroxylation is 2. The lowest BCUT2D eigenvalue weighted by atomic mass is 10.1. The molecule has 0 aliphatic heterocycles. The molecule has 0 unspecified atom stereocenters. The fraction of sp³-hybridized carbons (Fsp3) is 0.714. The van der Waals surface area contributed by atoms with Crippen LogP contribution < -0.4 is 5.73 Å². The Morgan fingerprint density at radius 3 is 2.58 bits per heavy atom. The van der Waals surface area contributed by atoms with Gasteiger partial charge in [0.05, 0.1) is 11.4 Å². The molecule has 0 atom stereocenters. The number of rotatable bonds is 5. The maximum atomic E-state index is 12.7. The van der Waals surface area contributed by atoms with Crippen molar-refractivity contribution in [3.05, 3.63) is 11.4 Å². The summed E-state index contributed by atoms with van der Waals surface area (Å²) >= 11 is 0. The summed E-state index contributed by atoms with van der Waals surface area (Å²) < 4.78 is 1.61. The van der Waals surface area contributed by atoms with Gasteiger partial charge in [-0.15, -0.1) is 0 Å². The Kier molecular flexibility index (Phi) is 3.83. The smallest absolute Gasteiger partial charge is 0.274 e. The summed E-state index contributed by atoms with van der Waals surface area (Å²) in [5.74, 6) is 0.628. The maximum Gasteiger partial charge on any atom is 0.274 e. The Bertz CT molecular complexity index is 474. The SMILES string of the molecule is Cc1nn(C)c(C(=O)N(CCC(C)C)C2CC2)c1N. The molecular weight excluding hydrogens is 240 g/mol. The van der Waals surface area contributed by atoms with Crippen LogP contribution in [0, 0.1) is 12.8 Å². The van der Waals surface area contributed by atoms with Crippen molar-refractivity contribution in [1.29, 1.82) is 0 Å². The van der Waals surface area contributed by atoms with E-state index in [-0.39, 0.29) is 5.91 Å². The summed E-state index contributed by atoms with van der Waals surface area (Å²) in [5.41, 5.74) is 7.77. The van der Waals surface area contributed by atoms with Crippen molar-refractivity contribution in [2.24, 2.45) is 13.0 Å². The molecule has 1 amide bonds. The predicted octanol–water partition coefficient (Wildman–Crippen LogP) is 1.96. The van der Waals surface area contributed by atoms with E-state index < -0.39 is 0 Å². The van der Waals surface area contributed by atoms with Gasteiger partial charge in [-0.05, 0) is 32.1 Å². The van der Waals surface area contributed by atoms with Crippen molar-refractivity contribution in [3.8, 4) is 0 Å². The molecule has 0 spiro atoms. The zero-order chi connectivity index (χ0) is 14.2.